The van der Waals surface area contributed by atoms with E-state index < -0.39 is 0 Å². The smallest absolute Gasteiger partial charge is 0.220 e. The zero-order chi connectivity index (χ0) is 11.9. The first-order valence-corrected chi connectivity index (χ1v) is 5.61. The summed E-state index contributed by atoms with van der Waals surface area (Å²) in [5.41, 5.74) is 1.02. The summed E-state index contributed by atoms with van der Waals surface area (Å²) in [6, 6.07) is 3.70. The van der Waals surface area contributed by atoms with Crippen LogP contribution in [-0.4, -0.2) is 22.4 Å². The van der Waals surface area contributed by atoms with E-state index in [9.17, 15) is 4.79 Å². The molecule has 2 aromatic heterocycles. The molecule has 0 radical (unpaired) electrons. The highest BCUT2D eigenvalue weighted by Gasteiger charge is 2.03. The van der Waals surface area contributed by atoms with E-state index in [1.54, 1.807) is 18.8 Å². The van der Waals surface area contributed by atoms with Gasteiger partial charge in [0.15, 0.2) is 0 Å². The first-order valence-electron chi connectivity index (χ1n) is 5.61. The average molecular weight is 233 g/mol. The van der Waals surface area contributed by atoms with E-state index in [-0.39, 0.29) is 5.91 Å². The molecule has 2 N–H and O–H groups in total. The molecule has 0 aliphatic rings. The van der Waals surface area contributed by atoms with Gasteiger partial charge in [-0.15, -0.1) is 0 Å². The highest BCUT2D eigenvalue weighted by atomic mass is 16.3. The van der Waals surface area contributed by atoms with E-state index in [0.717, 1.165) is 17.9 Å². The Hall–Kier alpha value is -2.04. The Balaban J connectivity index is 1.61. The minimum atomic E-state index is 0.0425. The molecule has 0 bridgehead atoms. The molecule has 2 heterocycles. The molecular weight excluding hydrogens is 218 g/mol. The molecule has 0 unspecified atom stereocenters. The maximum atomic E-state index is 11.5. The number of nitrogens with one attached hydrogen (secondary N) is 2. The molecule has 2 rings (SSSR count). The van der Waals surface area contributed by atoms with Gasteiger partial charge in [-0.2, -0.15) is 0 Å². The summed E-state index contributed by atoms with van der Waals surface area (Å²) in [6.07, 6.45) is 6.88. The Bertz CT molecular complexity index is 434. The second-order valence-corrected chi connectivity index (χ2v) is 3.76. The van der Waals surface area contributed by atoms with E-state index in [1.807, 2.05) is 12.1 Å². The highest BCUT2D eigenvalue weighted by molar-refractivity contribution is 5.76. The van der Waals surface area contributed by atoms with Crippen molar-refractivity contribution in [2.45, 2.75) is 19.3 Å². The summed E-state index contributed by atoms with van der Waals surface area (Å²) in [5, 5.41) is 2.85. The average Bonchev–Trinajstić information content (AvgIpc) is 2.99. The van der Waals surface area contributed by atoms with Crippen molar-refractivity contribution in [2.24, 2.45) is 0 Å². The quantitative estimate of drug-likeness (QED) is 0.789. The second kappa shape index (κ2) is 5.89. The topological polar surface area (TPSA) is 70.9 Å². The third kappa shape index (κ3) is 3.79. The lowest BCUT2D eigenvalue weighted by Crippen LogP contribution is -2.25. The van der Waals surface area contributed by atoms with Gasteiger partial charge in [0.1, 0.15) is 5.76 Å². The van der Waals surface area contributed by atoms with E-state index in [0.29, 0.717) is 19.4 Å². The standard InChI is InChI=1S/C12H15N3O2/c16-12(4-3-11-2-1-7-17-11)14-6-5-10-8-13-9-15-10/h1-2,7-9H,3-6H2,(H,13,15)(H,14,16). The zero-order valence-corrected chi connectivity index (χ0v) is 9.48. The Kier molecular flexibility index (Phi) is 3.96. The van der Waals surface area contributed by atoms with Crippen LogP contribution < -0.4 is 5.32 Å². The number of aromatic amines is 1. The van der Waals surface area contributed by atoms with E-state index in [1.165, 1.54) is 0 Å². The van der Waals surface area contributed by atoms with Crippen LogP contribution in [0.15, 0.2) is 35.3 Å². The van der Waals surface area contributed by atoms with Gasteiger partial charge in [0.25, 0.3) is 0 Å². The van der Waals surface area contributed by atoms with Crippen LogP contribution in [0.4, 0.5) is 0 Å². The van der Waals surface area contributed by atoms with Gasteiger partial charge >= 0.3 is 0 Å². The van der Waals surface area contributed by atoms with Gasteiger partial charge < -0.3 is 14.7 Å². The fourth-order valence-electron chi connectivity index (χ4n) is 1.54. The fraction of sp³-hybridized carbons (Fsp3) is 0.333. The first-order chi connectivity index (χ1) is 8.34. The van der Waals surface area contributed by atoms with Crippen molar-refractivity contribution < 1.29 is 9.21 Å². The Morgan fingerprint density at radius 3 is 3.12 bits per heavy atom. The highest BCUT2D eigenvalue weighted by Crippen LogP contribution is 2.03. The van der Waals surface area contributed by atoms with Crippen LogP contribution >= 0.6 is 0 Å². The summed E-state index contributed by atoms with van der Waals surface area (Å²) in [7, 11) is 0. The third-order valence-corrected chi connectivity index (χ3v) is 2.45. The van der Waals surface area contributed by atoms with Crippen molar-refractivity contribution in [3.05, 3.63) is 42.4 Å². The summed E-state index contributed by atoms with van der Waals surface area (Å²) >= 11 is 0. The van der Waals surface area contributed by atoms with Gasteiger partial charge in [0.2, 0.25) is 5.91 Å². The number of nitrogens with zero attached hydrogens (tertiary/aromatic N) is 1. The number of hydrogen-bond donors (Lipinski definition) is 2. The van der Waals surface area contributed by atoms with Gasteiger partial charge in [0, 0.05) is 37.7 Å². The lowest BCUT2D eigenvalue weighted by Gasteiger charge is -2.03. The molecule has 0 aliphatic heterocycles. The molecular formula is C12H15N3O2. The molecule has 0 spiro atoms. The third-order valence-electron chi connectivity index (χ3n) is 2.45. The van der Waals surface area contributed by atoms with Crippen LogP contribution in [0.25, 0.3) is 0 Å². The molecule has 2 aromatic rings. The Morgan fingerprint density at radius 2 is 2.41 bits per heavy atom. The van der Waals surface area contributed by atoms with E-state index in [4.69, 9.17) is 4.42 Å². The van der Waals surface area contributed by atoms with Crippen LogP contribution in [0.2, 0.25) is 0 Å². The number of amides is 1. The predicted octanol–water partition coefficient (Wildman–Crippen LogP) is 1.29. The van der Waals surface area contributed by atoms with Crippen LogP contribution in [-0.2, 0) is 17.6 Å². The number of imidazole rings is 1. The number of hydrogen-bond acceptors (Lipinski definition) is 3. The molecule has 0 aliphatic carbocycles. The molecule has 0 saturated heterocycles. The van der Waals surface area contributed by atoms with Crippen molar-refractivity contribution in [3.63, 3.8) is 0 Å². The lowest BCUT2D eigenvalue weighted by atomic mass is 10.2. The monoisotopic (exact) mass is 233 g/mol. The number of aryl methyl sites for hydroxylation is 1. The molecule has 0 saturated carbocycles. The molecule has 5 nitrogen and oxygen atoms in total. The van der Waals surface area contributed by atoms with Crippen molar-refractivity contribution in [1.82, 2.24) is 15.3 Å². The summed E-state index contributed by atoms with van der Waals surface area (Å²) in [4.78, 5) is 18.4. The largest absolute Gasteiger partial charge is 0.469 e. The lowest BCUT2D eigenvalue weighted by molar-refractivity contribution is -0.121. The van der Waals surface area contributed by atoms with Crippen molar-refractivity contribution >= 4 is 5.91 Å². The predicted molar refractivity (Wildman–Crippen MR) is 62.3 cm³/mol. The first kappa shape index (κ1) is 11.4. The van der Waals surface area contributed by atoms with Crippen molar-refractivity contribution in [3.8, 4) is 0 Å². The normalized spacial score (nSPS) is 10.4. The van der Waals surface area contributed by atoms with E-state index in [2.05, 4.69) is 15.3 Å². The number of rotatable bonds is 6. The Labute approximate surface area is 99.2 Å². The van der Waals surface area contributed by atoms with Crippen LogP contribution in [0.5, 0.6) is 0 Å². The van der Waals surface area contributed by atoms with Gasteiger partial charge in [-0.05, 0) is 12.1 Å². The van der Waals surface area contributed by atoms with Gasteiger partial charge in [-0.25, -0.2) is 4.98 Å². The number of carbonyl (C=O) groups is 1. The second-order valence-electron chi connectivity index (χ2n) is 3.76. The maximum absolute atomic E-state index is 11.5. The molecule has 0 atom stereocenters. The van der Waals surface area contributed by atoms with Crippen molar-refractivity contribution in [2.75, 3.05) is 6.54 Å². The molecule has 1 amide bonds. The molecule has 0 fully saturated rings. The number of furan rings is 1. The number of aromatic nitrogens is 2. The summed E-state index contributed by atoms with van der Waals surface area (Å²) < 4.78 is 5.15. The van der Waals surface area contributed by atoms with Crippen molar-refractivity contribution in [1.29, 1.82) is 0 Å². The molecule has 17 heavy (non-hydrogen) atoms. The Morgan fingerprint density at radius 1 is 1.47 bits per heavy atom. The van der Waals surface area contributed by atoms with Gasteiger partial charge in [-0.1, -0.05) is 0 Å². The van der Waals surface area contributed by atoms with E-state index >= 15 is 0 Å². The van der Waals surface area contributed by atoms with Crippen LogP contribution in [0, 0.1) is 0 Å². The maximum Gasteiger partial charge on any atom is 0.220 e. The van der Waals surface area contributed by atoms with Crippen LogP contribution in [0.1, 0.15) is 17.9 Å². The number of carbonyl (C=O) groups excluding carboxylic acids is 1. The molecule has 90 valence electrons. The number of H-pyrrole nitrogens is 1. The zero-order valence-electron chi connectivity index (χ0n) is 9.48. The fourth-order valence-corrected chi connectivity index (χ4v) is 1.54. The van der Waals surface area contributed by atoms with Gasteiger partial charge in [0.05, 0.1) is 12.6 Å². The molecule has 5 heteroatoms. The summed E-state index contributed by atoms with van der Waals surface area (Å²) in [5.74, 6) is 0.884. The summed E-state index contributed by atoms with van der Waals surface area (Å²) in [6.45, 7) is 0.624. The van der Waals surface area contributed by atoms with Gasteiger partial charge in [-0.3, -0.25) is 4.79 Å². The SMILES string of the molecule is O=C(CCc1ccco1)NCCc1cnc[nH]1. The molecule has 0 aromatic carbocycles. The minimum Gasteiger partial charge on any atom is -0.469 e. The van der Waals surface area contributed by atoms with Crippen LogP contribution in [0.3, 0.4) is 0 Å². The minimum absolute atomic E-state index is 0.0425.